The number of morpholine rings is 1. The summed E-state index contributed by atoms with van der Waals surface area (Å²) in [5.74, 6) is 0. The van der Waals surface area contributed by atoms with Gasteiger partial charge >= 0.3 is 158 Å². The summed E-state index contributed by atoms with van der Waals surface area (Å²) in [5, 5.41) is 4.70. The molecule has 0 saturated carbocycles. The van der Waals surface area contributed by atoms with E-state index < -0.39 is 0 Å². The molecule has 1 saturated heterocycles. The Balaban J connectivity index is -0.000000241. The molecule has 1 rings (SSSR count). The molecule has 0 bridgehead atoms. The number of nitrogens with zero attached hydrogens (tertiary/aromatic N) is 2. The first-order valence-electron chi connectivity index (χ1n) is 6.96. The molecule has 1 heterocycles. The summed E-state index contributed by atoms with van der Waals surface area (Å²) in [7, 11) is 0. The van der Waals surface area contributed by atoms with Crippen molar-refractivity contribution in [1.82, 2.24) is 10.0 Å². The van der Waals surface area contributed by atoms with Gasteiger partial charge in [0, 0.05) is 0 Å². The normalized spacial score (nSPS) is 11.9. The molecule has 0 unspecified atom stereocenters. The Kier molecular flexibility index (Phi) is 38.5. The first-order chi connectivity index (χ1) is 12.3. The van der Waals surface area contributed by atoms with Gasteiger partial charge in [-0.2, -0.15) is 0 Å². The zero-order chi connectivity index (χ0) is 20.5. The summed E-state index contributed by atoms with van der Waals surface area (Å²) < 4.78 is 36.7. The van der Waals surface area contributed by atoms with Gasteiger partial charge in [-0.3, -0.25) is 0 Å². The van der Waals surface area contributed by atoms with Crippen LogP contribution in [0, 0.1) is 26.6 Å². The van der Waals surface area contributed by atoms with Gasteiger partial charge in [0.25, 0.3) is 0 Å². The molecule has 25 heavy (non-hydrogen) atoms. The van der Waals surface area contributed by atoms with E-state index in [2.05, 4.69) is 65.6 Å². The zero-order valence-electron chi connectivity index (χ0n) is 14.1. The minimum absolute atomic E-state index is 0.819. The fourth-order valence-electron chi connectivity index (χ4n) is 1.79. The van der Waals surface area contributed by atoms with Crippen molar-refractivity contribution < 1.29 is 39.2 Å². The monoisotopic (exact) mass is 386 g/mol. The molecule has 0 aromatic carbocycles. The summed E-state index contributed by atoms with van der Waals surface area (Å²) in [5.41, 5.74) is 0. The van der Waals surface area contributed by atoms with Gasteiger partial charge in [-0.1, -0.05) is 0 Å². The summed E-state index contributed by atoms with van der Waals surface area (Å²) >= 11 is 3.20. The number of hydrogen-bond acceptors (Lipinski definition) is 3. The molecule has 0 amide bonds. The van der Waals surface area contributed by atoms with E-state index >= 15 is 0 Å². The Labute approximate surface area is 158 Å². The van der Waals surface area contributed by atoms with Gasteiger partial charge in [-0.15, -0.1) is 0 Å². The average molecular weight is 386 g/mol. The van der Waals surface area contributed by atoms with Crippen LogP contribution in [0.1, 0.15) is 19.3 Å². The molecule has 0 aromatic rings. The average Bonchev–Trinajstić information content (AvgIpc) is 2.73. The summed E-state index contributed by atoms with van der Waals surface area (Å²) in [6, 6.07) is 0. The number of hydrogen-bond donors (Lipinski definition) is 0. The Morgan fingerprint density at radius 1 is 0.960 bits per heavy atom. The molecule has 7 nitrogen and oxygen atoms in total. The van der Waals surface area contributed by atoms with Crippen LogP contribution >= 0.6 is 0 Å². The van der Waals surface area contributed by atoms with E-state index in [1.165, 1.54) is 4.50 Å². The Bertz CT molecular complexity index is 388. The van der Waals surface area contributed by atoms with Crippen LogP contribution in [0.4, 0.5) is 0 Å². The standard InChI is InChI=1S/C13H22N2O.4CO.Cr/c1-3-5-7-9-14(8-6-4-2)15-10-12-16-13-11-15;4*1-2;/h3-4H,1-2,5-8,10-13H2;;;;;. The van der Waals surface area contributed by atoms with Crippen LogP contribution in [-0.4, -0.2) is 47.4 Å². The Morgan fingerprint density at radius 2 is 1.40 bits per heavy atom. The second kappa shape index (κ2) is 30.6. The molecule has 0 radical (unpaired) electrons. The van der Waals surface area contributed by atoms with Crippen molar-refractivity contribution >= 4 is 4.50 Å². The number of allylic oxidation sites excluding steroid dienone is 1. The van der Waals surface area contributed by atoms with Crippen molar-refractivity contribution in [1.29, 1.82) is 0 Å². The van der Waals surface area contributed by atoms with Gasteiger partial charge in [0.1, 0.15) is 0 Å². The molecule has 0 aromatic heterocycles. The van der Waals surface area contributed by atoms with Gasteiger partial charge in [-0.05, 0) is 0 Å². The summed E-state index contributed by atoms with van der Waals surface area (Å²) in [6.45, 7) is 30.1. The predicted molar refractivity (Wildman–Crippen MR) is 84.1 cm³/mol. The molecule has 0 aliphatic carbocycles. The van der Waals surface area contributed by atoms with Gasteiger partial charge in [0.2, 0.25) is 0 Å². The first-order valence-corrected chi connectivity index (χ1v) is 7.59. The Hall–Kier alpha value is -1.28. The first kappa shape index (κ1) is 31.5. The van der Waals surface area contributed by atoms with E-state index in [0.29, 0.717) is 0 Å². The summed E-state index contributed by atoms with van der Waals surface area (Å²) in [4.78, 5) is 0. The van der Waals surface area contributed by atoms with Gasteiger partial charge in [0.15, 0.2) is 0 Å². The van der Waals surface area contributed by atoms with E-state index in [-0.39, 0.29) is 0 Å². The predicted octanol–water partition coefficient (Wildman–Crippen LogP) is 1.60. The molecule has 1 fully saturated rings. The van der Waals surface area contributed by atoms with Crippen LogP contribution in [0.2, 0.25) is 0 Å². The minimum atomic E-state index is 0.819. The second-order valence-electron chi connectivity index (χ2n) is 3.99. The van der Waals surface area contributed by atoms with Gasteiger partial charge in [0.05, 0.1) is 0 Å². The number of rotatable bonds is 8. The molecular formula is C17H22CrN2O5. The van der Waals surface area contributed by atoms with Crippen molar-refractivity contribution in [3.8, 4) is 0 Å². The van der Waals surface area contributed by atoms with Crippen LogP contribution in [0.15, 0.2) is 25.3 Å². The van der Waals surface area contributed by atoms with E-state index in [9.17, 15) is 0 Å². The van der Waals surface area contributed by atoms with Crippen LogP contribution in [0.3, 0.4) is 0 Å². The molecule has 1 aliphatic rings. The van der Waals surface area contributed by atoms with Crippen LogP contribution < -0.4 is 0 Å². The molecule has 136 valence electrons. The van der Waals surface area contributed by atoms with Crippen molar-refractivity contribution in [2.24, 2.45) is 0 Å². The fraction of sp³-hybridized carbons (Fsp3) is 0.471. The fourth-order valence-corrected chi connectivity index (χ4v) is 2.29. The molecule has 0 atom stereocenters. The molecule has 1 aliphatic heterocycles. The third kappa shape index (κ3) is 18.9. The summed E-state index contributed by atoms with van der Waals surface area (Å²) in [6.07, 6.45) is 6.96. The quantitative estimate of drug-likeness (QED) is 0.360. The van der Waals surface area contributed by atoms with E-state index in [4.69, 9.17) is 23.3 Å². The van der Waals surface area contributed by atoms with Crippen molar-refractivity contribution in [3.63, 3.8) is 0 Å². The van der Waals surface area contributed by atoms with E-state index in [0.717, 1.165) is 52.1 Å². The van der Waals surface area contributed by atoms with Crippen molar-refractivity contribution in [2.75, 3.05) is 32.8 Å². The van der Waals surface area contributed by atoms with Gasteiger partial charge in [-0.25, -0.2) is 0 Å². The Morgan fingerprint density at radius 3 is 1.80 bits per heavy atom. The third-order valence-electron chi connectivity index (χ3n) is 2.72. The number of hydrazine groups is 1. The maximum atomic E-state index is 7.50. The number of ether oxygens (including phenoxy) is 1. The SMILES string of the molecule is C=CCC[C](=[Cr])N(CCC=C)N1CCOCC1.[C-]#[O+].[C-]#[O+].[C-]#[O+].[C-]#[O+]. The van der Waals surface area contributed by atoms with Crippen LogP contribution in [-0.2, 0) is 39.2 Å². The van der Waals surface area contributed by atoms with Gasteiger partial charge < -0.3 is 0 Å². The van der Waals surface area contributed by atoms with Crippen molar-refractivity contribution in [3.05, 3.63) is 51.9 Å². The molecular weight excluding hydrogens is 364 g/mol. The second-order valence-corrected chi connectivity index (χ2v) is 4.72. The van der Waals surface area contributed by atoms with Crippen LogP contribution in [0.5, 0.6) is 0 Å². The molecule has 0 N–H and O–H groups in total. The van der Waals surface area contributed by atoms with E-state index in [1.54, 1.807) is 0 Å². The topological polar surface area (TPSA) is 95.3 Å². The van der Waals surface area contributed by atoms with Crippen molar-refractivity contribution in [2.45, 2.75) is 19.3 Å². The third-order valence-corrected chi connectivity index (χ3v) is 3.37. The zero-order valence-corrected chi connectivity index (χ0v) is 15.3. The maximum absolute atomic E-state index is 7.50. The molecule has 8 heteroatoms. The van der Waals surface area contributed by atoms with Crippen LogP contribution in [0.25, 0.3) is 0 Å². The molecule has 0 spiro atoms. The van der Waals surface area contributed by atoms with E-state index in [1.807, 2.05) is 12.2 Å².